The number of benzene rings is 1. The summed E-state index contributed by atoms with van der Waals surface area (Å²) in [5.74, 6) is 0.351. The van der Waals surface area contributed by atoms with Crippen LogP contribution in [0.1, 0.15) is 34.1 Å². The number of rotatable bonds is 6. The SMILES string of the molecule is CCCOc1cc(N(C)C(C)C(C)C)c(N)cc1F. The van der Waals surface area contributed by atoms with Gasteiger partial charge in [-0.15, -0.1) is 0 Å². The molecule has 1 aromatic carbocycles. The molecule has 4 heteroatoms. The van der Waals surface area contributed by atoms with E-state index in [0.29, 0.717) is 24.3 Å². The van der Waals surface area contributed by atoms with Crippen LogP contribution in [-0.4, -0.2) is 19.7 Å². The van der Waals surface area contributed by atoms with Gasteiger partial charge in [-0.05, 0) is 19.3 Å². The van der Waals surface area contributed by atoms with Crippen molar-refractivity contribution in [1.82, 2.24) is 0 Å². The van der Waals surface area contributed by atoms with Crippen molar-refractivity contribution in [2.75, 3.05) is 24.3 Å². The van der Waals surface area contributed by atoms with E-state index in [4.69, 9.17) is 10.5 Å². The lowest BCUT2D eigenvalue weighted by Crippen LogP contribution is -2.33. The number of hydrogen-bond donors (Lipinski definition) is 1. The Kier molecular flexibility index (Phi) is 5.45. The van der Waals surface area contributed by atoms with Crippen LogP contribution in [0.4, 0.5) is 15.8 Å². The average molecular weight is 268 g/mol. The van der Waals surface area contributed by atoms with Gasteiger partial charge < -0.3 is 15.4 Å². The van der Waals surface area contributed by atoms with Gasteiger partial charge in [0.25, 0.3) is 0 Å². The second-order valence-electron chi connectivity index (χ2n) is 5.29. The van der Waals surface area contributed by atoms with Crippen LogP contribution in [0.3, 0.4) is 0 Å². The highest BCUT2D eigenvalue weighted by molar-refractivity contribution is 5.70. The third kappa shape index (κ3) is 3.75. The summed E-state index contributed by atoms with van der Waals surface area (Å²) in [6.45, 7) is 8.91. The Bertz CT molecular complexity index is 421. The van der Waals surface area contributed by atoms with E-state index in [1.54, 1.807) is 6.07 Å². The minimum Gasteiger partial charge on any atom is -0.490 e. The fourth-order valence-electron chi connectivity index (χ4n) is 1.85. The molecule has 0 aliphatic rings. The van der Waals surface area contributed by atoms with E-state index in [9.17, 15) is 4.39 Å². The first kappa shape index (κ1) is 15.6. The molecule has 1 aromatic rings. The molecule has 0 aliphatic carbocycles. The third-order valence-corrected chi connectivity index (χ3v) is 3.50. The van der Waals surface area contributed by atoms with E-state index in [1.165, 1.54) is 6.07 Å². The number of halogens is 1. The minimum atomic E-state index is -0.402. The molecular formula is C15H25FN2O. The number of nitrogens with zero attached hydrogens (tertiary/aromatic N) is 1. The molecular weight excluding hydrogens is 243 g/mol. The Labute approximate surface area is 115 Å². The van der Waals surface area contributed by atoms with Crippen LogP contribution in [0, 0.1) is 11.7 Å². The molecule has 0 aromatic heterocycles. The van der Waals surface area contributed by atoms with Crippen LogP contribution in [0.2, 0.25) is 0 Å². The lowest BCUT2D eigenvalue weighted by atomic mass is 10.0. The molecule has 0 aliphatic heterocycles. The highest BCUT2D eigenvalue weighted by Gasteiger charge is 2.18. The van der Waals surface area contributed by atoms with Crippen LogP contribution in [-0.2, 0) is 0 Å². The van der Waals surface area contributed by atoms with Crippen LogP contribution >= 0.6 is 0 Å². The summed E-state index contributed by atoms with van der Waals surface area (Å²) >= 11 is 0. The maximum absolute atomic E-state index is 13.8. The molecule has 0 saturated heterocycles. The minimum absolute atomic E-state index is 0.272. The van der Waals surface area contributed by atoms with Crippen molar-refractivity contribution in [3.05, 3.63) is 17.9 Å². The molecule has 19 heavy (non-hydrogen) atoms. The van der Waals surface area contributed by atoms with Crippen LogP contribution in [0.5, 0.6) is 5.75 Å². The maximum Gasteiger partial charge on any atom is 0.167 e. The zero-order chi connectivity index (χ0) is 14.6. The number of ether oxygens (including phenoxy) is 1. The van der Waals surface area contributed by atoms with E-state index < -0.39 is 5.82 Å². The second kappa shape index (κ2) is 6.64. The van der Waals surface area contributed by atoms with Crippen molar-refractivity contribution in [3.63, 3.8) is 0 Å². The molecule has 0 fully saturated rings. The molecule has 0 saturated carbocycles. The Morgan fingerprint density at radius 3 is 2.47 bits per heavy atom. The van der Waals surface area contributed by atoms with Gasteiger partial charge in [0.15, 0.2) is 11.6 Å². The van der Waals surface area contributed by atoms with E-state index >= 15 is 0 Å². The van der Waals surface area contributed by atoms with Crippen molar-refractivity contribution >= 4 is 11.4 Å². The predicted molar refractivity (Wildman–Crippen MR) is 79.3 cm³/mol. The van der Waals surface area contributed by atoms with Crippen molar-refractivity contribution in [2.24, 2.45) is 5.92 Å². The summed E-state index contributed by atoms with van der Waals surface area (Å²) in [4.78, 5) is 2.07. The first-order valence-corrected chi connectivity index (χ1v) is 6.83. The average Bonchev–Trinajstić information content (AvgIpc) is 2.36. The highest BCUT2D eigenvalue weighted by atomic mass is 19.1. The van der Waals surface area contributed by atoms with Gasteiger partial charge in [0.05, 0.1) is 18.0 Å². The van der Waals surface area contributed by atoms with Gasteiger partial charge in [0, 0.05) is 25.2 Å². The fraction of sp³-hybridized carbons (Fsp3) is 0.600. The molecule has 108 valence electrons. The molecule has 0 heterocycles. The van der Waals surface area contributed by atoms with E-state index in [0.717, 1.165) is 12.1 Å². The topological polar surface area (TPSA) is 38.5 Å². The van der Waals surface area contributed by atoms with Gasteiger partial charge in [-0.3, -0.25) is 0 Å². The number of nitrogens with two attached hydrogens (primary N) is 1. The Morgan fingerprint density at radius 2 is 1.95 bits per heavy atom. The molecule has 0 spiro atoms. The van der Waals surface area contributed by atoms with Crippen molar-refractivity contribution in [3.8, 4) is 5.75 Å². The van der Waals surface area contributed by atoms with Gasteiger partial charge in [0.1, 0.15) is 0 Å². The van der Waals surface area contributed by atoms with E-state index in [-0.39, 0.29) is 5.75 Å². The standard InChI is InChI=1S/C15H25FN2O/c1-6-7-19-15-9-14(13(17)8-12(15)16)18(5)11(4)10(2)3/h8-11H,6-7,17H2,1-5H3. The molecule has 0 bridgehead atoms. The van der Waals surface area contributed by atoms with Crippen molar-refractivity contribution < 1.29 is 9.13 Å². The second-order valence-corrected chi connectivity index (χ2v) is 5.29. The highest BCUT2D eigenvalue weighted by Crippen LogP contribution is 2.32. The largest absolute Gasteiger partial charge is 0.490 e. The summed E-state index contributed by atoms with van der Waals surface area (Å²) in [7, 11) is 1.97. The molecule has 1 atom stereocenters. The van der Waals surface area contributed by atoms with Crippen molar-refractivity contribution in [2.45, 2.75) is 40.2 Å². The zero-order valence-electron chi connectivity index (χ0n) is 12.5. The first-order chi connectivity index (χ1) is 8.88. The summed E-state index contributed by atoms with van der Waals surface area (Å²) in [6.07, 6.45) is 0.845. The van der Waals surface area contributed by atoms with Gasteiger partial charge >= 0.3 is 0 Å². The Morgan fingerprint density at radius 1 is 1.32 bits per heavy atom. The van der Waals surface area contributed by atoms with Gasteiger partial charge in [-0.1, -0.05) is 20.8 Å². The van der Waals surface area contributed by atoms with Gasteiger partial charge in [0.2, 0.25) is 0 Å². The summed E-state index contributed by atoms with van der Waals surface area (Å²) in [5.41, 5.74) is 7.18. The predicted octanol–water partition coefficient (Wildman–Crippen LogP) is 3.68. The fourth-order valence-corrected chi connectivity index (χ4v) is 1.85. The van der Waals surface area contributed by atoms with Gasteiger partial charge in [-0.2, -0.15) is 0 Å². The van der Waals surface area contributed by atoms with E-state index in [1.807, 2.05) is 14.0 Å². The summed E-state index contributed by atoms with van der Waals surface area (Å²) < 4.78 is 19.2. The van der Waals surface area contributed by atoms with Crippen molar-refractivity contribution in [1.29, 1.82) is 0 Å². The quantitative estimate of drug-likeness (QED) is 0.800. The normalized spacial score (nSPS) is 12.6. The third-order valence-electron chi connectivity index (χ3n) is 3.50. The smallest absolute Gasteiger partial charge is 0.167 e. The summed E-state index contributed by atoms with van der Waals surface area (Å²) in [5, 5.41) is 0. The molecule has 0 amide bonds. The molecule has 1 unspecified atom stereocenters. The number of nitrogen functional groups attached to an aromatic ring is 1. The molecule has 3 nitrogen and oxygen atoms in total. The summed E-state index contributed by atoms with van der Waals surface area (Å²) in [6, 6.07) is 3.34. The Hall–Kier alpha value is -1.45. The number of hydrogen-bond acceptors (Lipinski definition) is 3. The zero-order valence-corrected chi connectivity index (χ0v) is 12.5. The monoisotopic (exact) mass is 268 g/mol. The van der Waals surface area contributed by atoms with Crippen LogP contribution in [0.15, 0.2) is 12.1 Å². The van der Waals surface area contributed by atoms with Crippen LogP contribution < -0.4 is 15.4 Å². The lowest BCUT2D eigenvalue weighted by Gasteiger charge is -2.31. The van der Waals surface area contributed by atoms with E-state index in [2.05, 4.69) is 25.7 Å². The van der Waals surface area contributed by atoms with Crippen LogP contribution in [0.25, 0.3) is 0 Å². The Balaban J connectivity index is 3.06. The molecule has 0 radical (unpaired) electrons. The first-order valence-electron chi connectivity index (χ1n) is 6.83. The van der Waals surface area contributed by atoms with Gasteiger partial charge in [-0.25, -0.2) is 4.39 Å². The molecule has 2 N–H and O–H groups in total. The molecule has 1 rings (SSSR count). The maximum atomic E-state index is 13.8. The number of anilines is 2. The lowest BCUT2D eigenvalue weighted by molar-refractivity contribution is 0.301.